The molecule has 4 N–H and O–H groups in total. The topological polar surface area (TPSA) is 116 Å². The number of nitrogens with one attached hydrogen (secondary N) is 4. The molecule has 1 aliphatic heterocycles. The summed E-state index contributed by atoms with van der Waals surface area (Å²) in [6.07, 6.45) is 3.79. The number of imidazole rings is 1. The van der Waals surface area contributed by atoms with E-state index in [4.69, 9.17) is 0 Å². The minimum Gasteiger partial charge on any atom is -0.356 e. The van der Waals surface area contributed by atoms with Gasteiger partial charge in [0.05, 0.1) is 29.7 Å². The number of aromatic nitrogens is 2. The van der Waals surface area contributed by atoms with E-state index in [0.29, 0.717) is 24.2 Å². The Bertz CT molecular complexity index is 757. The lowest BCUT2D eigenvalue weighted by molar-refractivity contribution is -0.125. The van der Waals surface area contributed by atoms with Gasteiger partial charge in [0.25, 0.3) is 5.91 Å². The molecule has 0 saturated heterocycles. The number of para-hydroxylation sites is 1. The summed E-state index contributed by atoms with van der Waals surface area (Å²) in [5.74, 6) is -1.09. The summed E-state index contributed by atoms with van der Waals surface area (Å²) in [5, 5.41) is 7.98. The smallest absolute Gasteiger partial charge is 0.254 e. The Labute approximate surface area is 138 Å². The van der Waals surface area contributed by atoms with Crippen molar-refractivity contribution in [2.24, 2.45) is 0 Å². The van der Waals surface area contributed by atoms with Crippen LogP contribution in [0.15, 0.2) is 36.8 Å². The highest BCUT2D eigenvalue weighted by molar-refractivity contribution is 6.10. The number of nitrogens with zero attached hydrogens (tertiary/aromatic N) is 1. The molecule has 1 aliphatic rings. The number of carbonyl (C=O) groups is 3. The van der Waals surface area contributed by atoms with Gasteiger partial charge in [0.1, 0.15) is 6.04 Å². The van der Waals surface area contributed by atoms with Crippen molar-refractivity contribution in [3.8, 4) is 0 Å². The van der Waals surface area contributed by atoms with Crippen LogP contribution in [-0.2, 0) is 16.0 Å². The number of hydrogen-bond donors (Lipinski definition) is 4. The third kappa shape index (κ3) is 3.60. The van der Waals surface area contributed by atoms with Crippen molar-refractivity contribution >= 4 is 23.4 Å². The van der Waals surface area contributed by atoms with Gasteiger partial charge < -0.3 is 20.9 Å². The van der Waals surface area contributed by atoms with Crippen molar-refractivity contribution < 1.29 is 14.4 Å². The quantitative estimate of drug-likeness (QED) is 0.628. The molecule has 8 heteroatoms. The molecule has 0 bridgehead atoms. The Hall–Kier alpha value is -3.16. The normalized spacial score (nSPS) is 16.6. The Balaban J connectivity index is 1.56. The highest BCUT2D eigenvalue weighted by atomic mass is 16.2. The van der Waals surface area contributed by atoms with Crippen LogP contribution in [-0.4, -0.2) is 40.3 Å². The lowest BCUT2D eigenvalue weighted by atomic mass is 10.1. The summed E-state index contributed by atoms with van der Waals surface area (Å²) in [7, 11) is 0. The molecule has 1 atom stereocenters. The Morgan fingerprint density at radius 3 is 2.88 bits per heavy atom. The number of aromatic amines is 1. The van der Waals surface area contributed by atoms with E-state index >= 15 is 0 Å². The summed E-state index contributed by atoms with van der Waals surface area (Å²) in [5.41, 5.74) is 1.67. The minimum absolute atomic E-state index is 0.119. The molecule has 1 aromatic heterocycles. The third-order valence-electron chi connectivity index (χ3n) is 3.70. The van der Waals surface area contributed by atoms with Crippen LogP contribution < -0.4 is 16.0 Å². The molecule has 1 aromatic carbocycles. The second-order valence-corrected chi connectivity index (χ2v) is 5.43. The van der Waals surface area contributed by atoms with E-state index in [2.05, 4.69) is 25.9 Å². The number of H-pyrrole nitrogens is 1. The van der Waals surface area contributed by atoms with Gasteiger partial charge in [-0.05, 0) is 12.1 Å². The Morgan fingerprint density at radius 2 is 2.08 bits per heavy atom. The fourth-order valence-corrected chi connectivity index (χ4v) is 2.47. The second-order valence-electron chi connectivity index (χ2n) is 5.43. The molecule has 8 nitrogen and oxygen atoms in total. The fourth-order valence-electron chi connectivity index (χ4n) is 2.47. The number of benzene rings is 1. The van der Waals surface area contributed by atoms with Crippen molar-refractivity contribution in [3.05, 3.63) is 48.0 Å². The molecule has 124 valence electrons. The number of amides is 3. The van der Waals surface area contributed by atoms with E-state index in [-0.39, 0.29) is 18.2 Å². The first-order valence-electron chi connectivity index (χ1n) is 7.58. The first kappa shape index (κ1) is 15.7. The first-order chi connectivity index (χ1) is 11.6. The summed E-state index contributed by atoms with van der Waals surface area (Å²) in [4.78, 5) is 43.3. The predicted molar refractivity (Wildman–Crippen MR) is 86.2 cm³/mol. The number of carbonyl (C=O) groups excluding carboxylic acids is 3. The largest absolute Gasteiger partial charge is 0.356 e. The molecule has 1 unspecified atom stereocenters. The van der Waals surface area contributed by atoms with Crippen LogP contribution in [0.25, 0.3) is 0 Å². The van der Waals surface area contributed by atoms with Gasteiger partial charge in [-0.25, -0.2) is 4.98 Å². The van der Waals surface area contributed by atoms with Gasteiger partial charge in [0.2, 0.25) is 11.8 Å². The summed E-state index contributed by atoms with van der Waals surface area (Å²) < 4.78 is 0. The predicted octanol–water partition coefficient (Wildman–Crippen LogP) is 0.209. The van der Waals surface area contributed by atoms with Crippen LogP contribution in [0.1, 0.15) is 22.5 Å². The molecule has 3 rings (SSSR count). The van der Waals surface area contributed by atoms with Crippen molar-refractivity contribution in [1.82, 2.24) is 20.6 Å². The van der Waals surface area contributed by atoms with Gasteiger partial charge in [-0.3, -0.25) is 14.4 Å². The first-order valence-corrected chi connectivity index (χ1v) is 7.58. The standard InChI is InChI=1S/C16H17N5O3/c22-14(18-6-5-10-8-17-9-19-10)7-13-16(24)20-12-4-2-1-3-11(12)15(23)21-13/h1-4,8-9,13H,5-7H2,(H,17,19)(H,18,22)(H,20,24)(H,21,23). The van der Waals surface area contributed by atoms with Crippen LogP contribution in [0, 0.1) is 0 Å². The molecular weight excluding hydrogens is 310 g/mol. The number of rotatable bonds is 5. The van der Waals surface area contributed by atoms with Crippen molar-refractivity contribution in [3.63, 3.8) is 0 Å². The zero-order valence-corrected chi connectivity index (χ0v) is 12.8. The SMILES string of the molecule is O=C(CC1NC(=O)c2ccccc2NC1=O)NCCc1c[nH]cn1. The van der Waals surface area contributed by atoms with Crippen LogP contribution >= 0.6 is 0 Å². The van der Waals surface area contributed by atoms with Crippen LogP contribution in [0.3, 0.4) is 0 Å². The van der Waals surface area contributed by atoms with Crippen LogP contribution in [0.2, 0.25) is 0 Å². The minimum atomic E-state index is -0.907. The maximum absolute atomic E-state index is 12.2. The van der Waals surface area contributed by atoms with Gasteiger partial charge in [0, 0.05) is 19.2 Å². The Morgan fingerprint density at radius 1 is 1.25 bits per heavy atom. The molecule has 0 radical (unpaired) electrons. The molecule has 0 saturated carbocycles. The van der Waals surface area contributed by atoms with Gasteiger partial charge >= 0.3 is 0 Å². The number of anilines is 1. The lowest BCUT2D eigenvalue weighted by Gasteiger charge is -2.14. The van der Waals surface area contributed by atoms with Gasteiger partial charge in [-0.1, -0.05) is 12.1 Å². The number of hydrogen-bond acceptors (Lipinski definition) is 4. The molecule has 2 heterocycles. The van der Waals surface area contributed by atoms with E-state index < -0.39 is 11.9 Å². The van der Waals surface area contributed by atoms with Gasteiger partial charge in [-0.2, -0.15) is 0 Å². The molecular formula is C16H17N5O3. The van der Waals surface area contributed by atoms with Crippen molar-refractivity contribution in [1.29, 1.82) is 0 Å². The summed E-state index contributed by atoms with van der Waals surface area (Å²) in [6.45, 7) is 0.409. The van der Waals surface area contributed by atoms with E-state index in [1.54, 1.807) is 36.8 Å². The molecule has 2 aromatic rings. The van der Waals surface area contributed by atoms with Crippen molar-refractivity contribution in [2.45, 2.75) is 18.9 Å². The highest BCUT2D eigenvalue weighted by Crippen LogP contribution is 2.18. The molecule has 0 aliphatic carbocycles. The van der Waals surface area contributed by atoms with E-state index in [1.807, 2.05) is 0 Å². The molecule has 24 heavy (non-hydrogen) atoms. The Kier molecular flexibility index (Phi) is 4.55. The van der Waals surface area contributed by atoms with E-state index in [1.165, 1.54) is 0 Å². The van der Waals surface area contributed by atoms with Crippen LogP contribution in [0.4, 0.5) is 5.69 Å². The fraction of sp³-hybridized carbons (Fsp3) is 0.250. The van der Waals surface area contributed by atoms with Crippen LogP contribution in [0.5, 0.6) is 0 Å². The second kappa shape index (κ2) is 6.95. The van der Waals surface area contributed by atoms with E-state index in [0.717, 1.165) is 5.69 Å². The zero-order chi connectivity index (χ0) is 16.9. The number of fused-ring (bicyclic) bond motifs is 1. The zero-order valence-electron chi connectivity index (χ0n) is 12.8. The third-order valence-corrected chi connectivity index (χ3v) is 3.70. The monoisotopic (exact) mass is 327 g/mol. The summed E-state index contributed by atoms with van der Waals surface area (Å²) in [6, 6.07) is 5.81. The van der Waals surface area contributed by atoms with Crippen molar-refractivity contribution in [2.75, 3.05) is 11.9 Å². The molecule has 0 fully saturated rings. The highest BCUT2D eigenvalue weighted by Gasteiger charge is 2.29. The summed E-state index contributed by atoms with van der Waals surface area (Å²) >= 11 is 0. The molecule has 0 spiro atoms. The van der Waals surface area contributed by atoms with Gasteiger partial charge in [0.15, 0.2) is 0 Å². The maximum Gasteiger partial charge on any atom is 0.254 e. The van der Waals surface area contributed by atoms with Gasteiger partial charge in [-0.15, -0.1) is 0 Å². The lowest BCUT2D eigenvalue weighted by Crippen LogP contribution is -2.44. The molecule has 3 amide bonds. The maximum atomic E-state index is 12.2. The average Bonchev–Trinajstić information content (AvgIpc) is 3.04. The van der Waals surface area contributed by atoms with E-state index in [9.17, 15) is 14.4 Å². The average molecular weight is 327 g/mol.